The summed E-state index contributed by atoms with van der Waals surface area (Å²) in [5, 5.41) is 11.3. The number of hydrogen-bond acceptors (Lipinski definition) is 4. The van der Waals surface area contributed by atoms with Crippen LogP contribution in [0.4, 0.5) is 5.82 Å². The lowest BCUT2D eigenvalue weighted by Crippen LogP contribution is -2.02. The Morgan fingerprint density at radius 2 is 2.42 bits per heavy atom. The molecule has 1 aromatic heterocycles. The third-order valence-electron chi connectivity index (χ3n) is 1.35. The van der Waals surface area contributed by atoms with E-state index < -0.39 is 0 Å². The summed E-state index contributed by atoms with van der Waals surface area (Å²) in [6, 6.07) is 3.89. The number of nitrogens with zero attached hydrogens (tertiary/aromatic N) is 3. The lowest BCUT2D eigenvalue weighted by atomic mass is 10.4. The van der Waals surface area contributed by atoms with E-state index in [0.29, 0.717) is 13.0 Å². The van der Waals surface area contributed by atoms with Crippen LogP contribution in [0.3, 0.4) is 0 Å². The molecule has 0 bridgehead atoms. The average Bonchev–Trinajstić information content (AvgIpc) is 2.05. The number of aromatic nitrogens is 2. The molecule has 1 rings (SSSR count). The quantitative estimate of drug-likeness (QED) is 0.676. The zero-order valence-corrected chi connectivity index (χ0v) is 6.91. The number of nitrogens with one attached hydrogen (secondary N) is 1. The van der Waals surface area contributed by atoms with Crippen molar-refractivity contribution < 1.29 is 0 Å². The Balaban J connectivity index is 2.48. The van der Waals surface area contributed by atoms with Crippen molar-refractivity contribution in [3.05, 3.63) is 18.1 Å². The molecule has 62 valence electrons. The molecule has 0 radical (unpaired) electrons. The lowest BCUT2D eigenvalue weighted by molar-refractivity contribution is 1.03. The molecule has 0 fully saturated rings. The van der Waals surface area contributed by atoms with Gasteiger partial charge in [-0.25, -0.2) is 9.97 Å². The van der Waals surface area contributed by atoms with Gasteiger partial charge in [0.2, 0.25) is 0 Å². The molecule has 0 saturated heterocycles. The van der Waals surface area contributed by atoms with Crippen LogP contribution in [0.2, 0.25) is 0 Å². The van der Waals surface area contributed by atoms with E-state index in [1.165, 1.54) is 6.33 Å². The first kappa shape index (κ1) is 8.47. The number of nitriles is 1. The Morgan fingerprint density at radius 1 is 1.58 bits per heavy atom. The van der Waals surface area contributed by atoms with Crippen LogP contribution in [0.25, 0.3) is 0 Å². The molecule has 0 aromatic carbocycles. The average molecular weight is 162 g/mol. The molecule has 0 amide bonds. The van der Waals surface area contributed by atoms with Gasteiger partial charge < -0.3 is 5.32 Å². The highest BCUT2D eigenvalue weighted by Crippen LogP contribution is 2.01. The Kier molecular flexibility index (Phi) is 3.03. The number of rotatable bonds is 3. The van der Waals surface area contributed by atoms with Crippen molar-refractivity contribution in [1.29, 1.82) is 5.26 Å². The van der Waals surface area contributed by atoms with E-state index in [9.17, 15) is 0 Å². The van der Waals surface area contributed by atoms with Crippen molar-refractivity contribution in [2.24, 2.45) is 0 Å². The zero-order valence-electron chi connectivity index (χ0n) is 6.91. The van der Waals surface area contributed by atoms with Gasteiger partial charge in [0.1, 0.15) is 12.1 Å². The first-order valence-corrected chi connectivity index (χ1v) is 3.72. The van der Waals surface area contributed by atoms with Gasteiger partial charge in [0.05, 0.1) is 12.5 Å². The Hall–Kier alpha value is -1.63. The van der Waals surface area contributed by atoms with E-state index in [0.717, 1.165) is 11.5 Å². The molecule has 0 spiro atoms. The van der Waals surface area contributed by atoms with Crippen LogP contribution in [0.1, 0.15) is 12.1 Å². The molecule has 1 heterocycles. The van der Waals surface area contributed by atoms with Gasteiger partial charge in [0.25, 0.3) is 0 Å². The highest BCUT2D eigenvalue weighted by Gasteiger charge is 1.92. The van der Waals surface area contributed by atoms with Gasteiger partial charge in [-0.2, -0.15) is 5.26 Å². The summed E-state index contributed by atoms with van der Waals surface area (Å²) in [4.78, 5) is 7.93. The van der Waals surface area contributed by atoms with Crippen LogP contribution in [0.15, 0.2) is 12.4 Å². The Labute approximate surface area is 71.3 Å². The molecule has 0 saturated carbocycles. The van der Waals surface area contributed by atoms with E-state index >= 15 is 0 Å². The molecule has 12 heavy (non-hydrogen) atoms. The van der Waals surface area contributed by atoms with Gasteiger partial charge in [0, 0.05) is 18.3 Å². The van der Waals surface area contributed by atoms with E-state index in [1.807, 2.05) is 19.1 Å². The zero-order chi connectivity index (χ0) is 8.81. The van der Waals surface area contributed by atoms with Gasteiger partial charge in [-0.05, 0) is 6.92 Å². The van der Waals surface area contributed by atoms with Crippen LogP contribution < -0.4 is 5.32 Å². The predicted octanol–water partition coefficient (Wildman–Crippen LogP) is 1.11. The van der Waals surface area contributed by atoms with E-state index in [4.69, 9.17) is 5.26 Å². The molecule has 4 heteroatoms. The number of aryl methyl sites for hydroxylation is 1. The Bertz CT molecular complexity index is 289. The maximum absolute atomic E-state index is 8.28. The summed E-state index contributed by atoms with van der Waals surface area (Å²) in [6.45, 7) is 2.53. The van der Waals surface area contributed by atoms with Crippen molar-refractivity contribution in [3.63, 3.8) is 0 Å². The molecular weight excluding hydrogens is 152 g/mol. The lowest BCUT2D eigenvalue weighted by Gasteiger charge is -2.01. The highest BCUT2D eigenvalue weighted by molar-refractivity contribution is 5.34. The third kappa shape index (κ3) is 2.54. The fraction of sp³-hybridized carbons (Fsp3) is 0.375. The van der Waals surface area contributed by atoms with Crippen molar-refractivity contribution in [3.8, 4) is 6.07 Å². The van der Waals surface area contributed by atoms with Crippen LogP contribution in [-0.2, 0) is 0 Å². The largest absolute Gasteiger partial charge is 0.369 e. The highest BCUT2D eigenvalue weighted by atomic mass is 15.0. The summed E-state index contributed by atoms with van der Waals surface area (Å²) < 4.78 is 0. The van der Waals surface area contributed by atoms with Crippen molar-refractivity contribution in [1.82, 2.24) is 9.97 Å². The number of hydrogen-bond donors (Lipinski definition) is 1. The van der Waals surface area contributed by atoms with Gasteiger partial charge in [0.15, 0.2) is 0 Å². The maximum Gasteiger partial charge on any atom is 0.129 e. The summed E-state index contributed by atoms with van der Waals surface area (Å²) in [5.41, 5.74) is 0.921. The maximum atomic E-state index is 8.28. The van der Waals surface area contributed by atoms with E-state index in [-0.39, 0.29) is 0 Å². The van der Waals surface area contributed by atoms with Gasteiger partial charge in [-0.3, -0.25) is 0 Å². The second kappa shape index (κ2) is 4.29. The minimum Gasteiger partial charge on any atom is -0.369 e. The molecule has 0 aliphatic heterocycles. The second-order valence-electron chi connectivity index (χ2n) is 2.38. The SMILES string of the molecule is Cc1cc(NCCC#N)ncn1. The first-order valence-electron chi connectivity index (χ1n) is 3.72. The smallest absolute Gasteiger partial charge is 0.129 e. The predicted molar refractivity (Wildman–Crippen MR) is 45.5 cm³/mol. The van der Waals surface area contributed by atoms with Crippen LogP contribution in [0, 0.1) is 18.3 Å². The minimum atomic E-state index is 0.489. The van der Waals surface area contributed by atoms with Crippen LogP contribution in [0.5, 0.6) is 0 Å². The number of anilines is 1. The van der Waals surface area contributed by atoms with Gasteiger partial charge >= 0.3 is 0 Å². The minimum absolute atomic E-state index is 0.489. The molecule has 1 aromatic rings. The third-order valence-corrected chi connectivity index (χ3v) is 1.35. The molecule has 0 atom stereocenters. The van der Waals surface area contributed by atoms with Crippen molar-refractivity contribution >= 4 is 5.82 Å². The van der Waals surface area contributed by atoms with Crippen molar-refractivity contribution in [2.45, 2.75) is 13.3 Å². The van der Waals surface area contributed by atoms with Gasteiger partial charge in [-0.15, -0.1) is 0 Å². The summed E-state index contributed by atoms with van der Waals surface area (Å²) >= 11 is 0. The van der Waals surface area contributed by atoms with E-state index in [2.05, 4.69) is 15.3 Å². The fourth-order valence-corrected chi connectivity index (χ4v) is 0.798. The molecule has 0 aliphatic carbocycles. The second-order valence-corrected chi connectivity index (χ2v) is 2.38. The molecular formula is C8H10N4. The fourth-order valence-electron chi connectivity index (χ4n) is 0.798. The molecule has 4 nitrogen and oxygen atoms in total. The van der Waals surface area contributed by atoms with E-state index in [1.54, 1.807) is 0 Å². The topological polar surface area (TPSA) is 61.6 Å². The normalized spacial score (nSPS) is 9.00. The Morgan fingerprint density at radius 3 is 3.08 bits per heavy atom. The first-order chi connectivity index (χ1) is 5.83. The molecule has 1 N–H and O–H groups in total. The summed E-state index contributed by atoms with van der Waals surface area (Å²) in [7, 11) is 0. The van der Waals surface area contributed by atoms with Crippen molar-refractivity contribution in [2.75, 3.05) is 11.9 Å². The summed E-state index contributed by atoms with van der Waals surface area (Å²) in [5.74, 6) is 0.776. The molecule has 0 aliphatic rings. The summed E-state index contributed by atoms with van der Waals surface area (Å²) in [6.07, 6.45) is 1.99. The molecule has 0 unspecified atom stereocenters. The standard InChI is InChI=1S/C8H10N4/c1-7-5-8(12-6-11-7)10-4-2-3-9/h5-6H,2,4H2,1H3,(H,10,11,12). The van der Waals surface area contributed by atoms with Gasteiger partial charge in [-0.1, -0.05) is 0 Å². The monoisotopic (exact) mass is 162 g/mol. The van der Waals surface area contributed by atoms with Crippen LogP contribution >= 0.6 is 0 Å². The van der Waals surface area contributed by atoms with Crippen LogP contribution in [-0.4, -0.2) is 16.5 Å².